The predicted molar refractivity (Wildman–Crippen MR) is 99.7 cm³/mol. The zero-order valence-corrected chi connectivity index (χ0v) is 15.8. The van der Waals surface area contributed by atoms with E-state index in [1.807, 2.05) is 4.57 Å². The number of ether oxygens (including phenoxy) is 1. The van der Waals surface area contributed by atoms with E-state index >= 15 is 0 Å². The molecule has 0 spiro atoms. The lowest BCUT2D eigenvalue weighted by molar-refractivity contribution is -0.140. The van der Waals surface area contributed by atoms with Crippen LogP contribution in [0.4, 0.5) is 0 Å². The van der Waals surface area contributed by atoms with E-state index in [1.165, 1.54) is 7.11 Å². The van der Waals surface area contributed by atoms with Crippen molar-refractivity contribution >= 4 is 17.8 Å². The zero-order chi connectivity index (χ0) is 19.9. The van der Waals surface area contributed by atoms with Gasteiger partial charge in [0.15, 0.2) is 0 Å². The Hall–Kier alpha value is -3.23. The van der Waals surface area contributed by atoms with Crippen LogP contribution in [0.3, 0.4) is 0 Å². The number of amides is 2. The van der Waals surface area contributed by atoms with E-state index in [0.29, 0.717) is 50.4 Å². The highest BCUT2D eigenvalue weighted by molar-refractivity contribution is 5.93. The fraction of sp³-hybridized carbons (Fsp3) is 0.421. The van der Waals surface area contributed by atoms with Gasteiger partial charge in [-0.05, 0) is 18.6 Å². The number of aromatic nitrogens is 3. The van der Waals surface area contributed by atoms with Crippen LogP contribution >= 0.6 is 0 Å². The van der Waals surface area contributed by atoms with Gasteiger partial charge in [0, 0.05) is 51.4 Å². The van der Waals surface area contributed by atoms with Gasteiger partial charge >= 0.3 is 5.97 Å². The third kappa shape index (κ3) is 4.73. The van der Waals surface area contributed by atoms with Crippen LogP contribution in [-0.2, 0) is 22.5 Å². The number of fused-ring (bicyclic) bond motifs is 1. The minimum Gasteiger partial charge on any atom is -0.469 e. The summed E-state index contributed by atoms with van der Waals surface area (Å²) in [6, 6.07) is 5.27. The van der Waals surface area contributed by atoms with Crippen molar-refractivity contribution in [1.29, 1.82) is 0 Å². The summed E-state index contributed by atoms with van der Waals surface area (Å²) >= 11 is 0. The van der Waals surface area contributed by atoms with Crippen LogP contribution in [0.2, 0.25) is 0 Å². The molecule has 0 aliphatic carbocycles. The molecule has 3 heterocycles. The molecule has 1 N–H and O–H groups in total. The number of nitrogens with one attached hydrogen (secondary N) is 1. The fourth-order valence-electron chi connectivity index (χ4n) is 3.01. The van der Waals surface area contributed by atoms with Crippen molar-refractivity contribution < 1.29 is 19.1 Å². The molecule has 1 aliphatic rings. The average Bonchev–Trinajstić information content (AvgIpc) is 3.04. The van der Waals surface area contributed by atoms with Crippen molar-refractivity contribution in [3.8, 4) is 0 Å². The van der Waals surface area contributed by atoms with Gasteiger partial charge in [-0.25, -0.2) is 4.98 Å². The van der Waals surface area contributed by atoms with E-state index in [-0.39, 0.29) is 24.2 Å². The van der Waals surface area contributed by atoms with Crippen LogP contribution in [0.1, 0.15) is 39.6 Å². The number of rotatable bonds is 6. The lowest BCUT2D eigenvalue weighted by atomic mass is 10.3. The topological polar surface area (TPSA) is 106 Å². The van der Waals surface area contributed by atoms with Crippen LogP contribution in [0, 0.1) is 0 Å². The third-order valence-electron chi connectivity index (χ3n) is 4.55. The second kappa shape index (κ2) is 9.12. The van der Waals surface area contributed by atoms with E-state index in [9.17, 15) is 14.4 Å². The number of imidazole rings is 1. The summed E-state index contributed by atoms with van der Waals surface area (Å²) in [4.78, 5) is 46.2. The normalized spacial score (nSPS) is 13.4. The molecular weight excluding hydrogens is 362 g/mol. The van der Waals surface area contributed by atoms with E-state index < -0.39 is 0 Å². The van der Waals surface area contributed by atoms with Crippen molar-refractivity contribution in [3.05, 3.63) is 47.8 Å². The SMILES string of the molecule is COC(=O)CCCNC(=O)c1cn2c(n1)CCN(C(=O)c1ccccn1)CC2. The smallest absolute Gasteiger partial charge is 0.305 e. The highest BCUT2D eigenvalue weighted by atomic mass is 16.5. The van der Waals surface area contributed by atoms with Gasteiger partial charge in [-0.15, -0.1) is 0 Å². The van der Waals surface area contributed by atoms with Crippen LogP contribution in [0.15, 0.2) is 30.6 Å². The molecule has 0 bridgehead atoms. The molecule has 148 valence electrons. The summed E-state index contributed by atoms with van der Waals surface area (Å²) < 4.78 is 6.48. The minimum absolute atomic E-state index is 0.102. The molecule has 2 aromatic heterocycles. The first kappa shape index (κ1) is 19.5. The molecule has 0 aromatic carbocycles. The first-order chi connectivity index (χ1) is 13.6. The number of methoxy groups -OCH3 is 1. The number of hydrogen-bond acceptors (Lipinski definition) is 6. The molecule has 2 amide bonds. The van der Waals surface area contributed by atoms with E-state index in [4.69, 9.17) is 0 Å². The number of carbonyl (C=O) groups excluding carboxylic acids is 3. The molecule has 0 unspecified atom stereocenters. The molecule has 28 heavy (non-hydrogen) atoms. The van der Waals surface area contributed by atoms with Gasteiger partial charge in [0.1, 0.15) is 17.2 Å². The number of hydrogen-bond donors (Lipinski definition) is 1. The van der Waals surface area contributed by atoms with Crippen LogP contribution < -0.4 is 5.32 Å². The Bertz CT molecular complexity index is 824. The van der Waals surface area contributed by atoms with Gasteiger partial charge in [0.2, 0.25) is 0 Å². The van der Waals surface area contributed by atoms with Crippen molar-refractivity contribution in [2.24, 2.45) is 0 Å². The zero-order valence-electron chi connectivity index (χ0n) is 15.8. The molecule has 0 fully saturated rings. The summed E-state index contributed by atoms with van der Waals surface area (Å²) in [6.07, 6.45) is 4.65. The average molecular weight is 385 g/mol. The first-order valence-electron chi connectivity index (χ1n) is 9.20. The minimum atomic E-state index is -0.298. The summed E-state index contributed by atoms with van der Waals surface area (Å²) in [5.41, 5.74) is 0.770. The molecular formula is C19H23N5O4. The molecule has 1 aliphatic heterocycles. The lowest BCUT2D eigenvalue weighted by Crippen LogP contribution is -2.34. The van der Waals surface area contributed by atoms with Crippen molar-refractivity contribution in [2.75, 3.05) is 26.7 Å². The van der Waals surface area contributed by atoms with Gasteiger partial charge in [-0.3, -0.25) is 19.4 Å². The van der Waals surface area contributed by atoms with Gasteiger partial charge in [0.25, 0.3) is 11.8 Å². The van der Waals surface area contributed by atoms with Gasteiger partial charge in [-0.1, -0.05) is 6.07 Å². The number of esters is 1. The van der Waals surface area contributed by atoms with Crippen molar-refractivity contribution in [2.45, 2.75) is 25.8 Å². The molecule has 3 rings (SSSR count). The Morgan fingerprint density at radius 1 is 1.18 bits per heavy atom. The van der Waals surface area contributed by atoms with Crippen LogP contribution in [-0.4, -0.2) is 64.0 Å². The van der Waals surface area contributed by atoms with E-state index in [1.54, 1.807) is 35.5 Å². The molecule has 9 heteroatoms. The molecule has 0 saturated heterocycles. The maximum atomic E-state index is 12.6. The molecule has 0 atom stereocenters. The Morgan fingerprint density at radius 2 is 2.04 bits per heavy atom. The standard InChI is InChI=1S/C19H23N5O4/c1-28-17(25)6-4-9-21-18(26)15-13-24-12-11-23(10-7-16(24)22-15)19(27)14-5-2-3-8-20-14/h2-3,5,8,13H,4,6-7,9-12H2,1H3,(H,21,26). The largest absolute Gasteiger partial charge is 0.469 e. The van der Waals surface area contributed by atoms with E-state index in [0.717, 1.165) is 5.82 Å². The number of carbonyl (C=O) groups is 3. The van der Waals surface area contributed by atoms with E-state index in [2.05, 4.69) is 20.0 Å². The number of nitrogens with zero attached hydrogens (tertiary/aromatic N) is 4. The monoisotopic (exact) mass is 385 g/mol. The first-order valence-corrected chi connectivity index (χ1v) is 9.20. The van der Waals surface area contributed by atoms with Crippen molar-refractivity contribution in [1.82, 2.24) is 24.8 Å². The molecule has 9 nitrogen and oxygen atoms in total. The Labute approximate surface area is 162 Å². The second-order valence-electron chi connectivity index (χ2n) is 6.43. The quantitative estimate of drug-likeness (QED) is 0.578. The predicted octanol–water partition coefficient (Wildman–Crippen LogP) is 0.660. The summed E-state index contributed by atoms with van der Waals surface area (Å²) in [6.45, 7) is 1.99. The third-order valence-corrected chi connectivity index (χ3v) is 4.55. The van der Waals surface area contributed by atoms with Gasteiger partial charge < -0.3 is 19.5 Å². The summed E-state index contributed by atoms with van der Waals surface area (Å²) in [5.74, 6) is 0.102. The second-order valence-corrected chi connectivity index (χ2v) is 6.43. The maximum absolute atomic E-state index is 12.6. The molecule has 0 radical (unpaired) electrons. The summed E-state index contributed by atoms with van der Waals surface area (Å²) in [7, 11) is 1.34. The molecule has 2 aromatic rings. The Kier molecular flexibility index (Phi) is 6.36. The highest BCUT2D eigenvalue weighted by Crippen LogP contribution is 2.12. The van der Waals surface area contributed by atoms with Crippen LogP contribution in [0.25, 0.3) is 0 Å². The van der Waals surface area contributed by atoms with Gasteiger partial charge in [0.05, 0.1) is 7.11 Å². The maximum Gasteiger partial charge on any atom is 0.305 e. The Balaban J connectivity index is 1.54. The van der Waals surface area contributed by atoms with Crippen LogP contribution in [0.5, 0.6) is 0 Å². The number of pyridine rings is 1. The van der Waals surface area contributed by atoms with Crippen molar-refractivity contribution in [3.63, 3.8) is 0 Å². The molecule has 0 saturated carbocycles. The Morgan fingerprint density at radius 3 is 2.79 bits per heavy atom. The lowest BCUT2D eigenvalue weighted by Gasteiger charge is -2.19. The van der Waals surface area contributed by atoms with Gasteiger partial charge in [-0.2, -0.15) is 0 Å². The fourth-order valence-corrected chi connectivity index (χ4v) is 3.01. The highest BCUT2D eigenvalue weighted by Gasteiger charge is 2.22. The summed E-state index contributed by atoms with van der Waals surface area (Å²) in [5, 5.41) is 2.76.